The normalized spacial score (nSPS) is 10.4. The molecule has 0 rings (SSSR count). The molecule has 0 saturated heterocycles. The molecule has 0 radical (unpaired) electrons. The molecule has 0 spiro atoms. The van der Waals surface area contributed by atoms with E-state index >= 15 is 0 Å². The summed E-state index contributed by atoms with van der Waals surface area (Å²) < 4.78 is 10.5. The van der Waals surface area contributed by atoms with E-state index in [0.717, 1.165) is 0 Å². The maximum atomic E-state index is 11.1. The molecule has 0 aliphatic rings. The molecule has 0 atom stereocenters. The first-order chi connectivity index (χ1) is 10.2. The number of carbonyl (C=O) groups excluding carboxylic acids is 2. The smallest absolute Gasteiger partial charge is 0.248 e. The van der Waals surface area contributed by atoms with Crippen molar-refractivity contribution in [3.63, 3.8) is 0 Å². The molecule has 0 aliphatic heterocycles. The number of hydrogen-bond acceptors (Lipinski definition) is 8. The summed E-state index contributed by atoms with van der Waals surface area (Å²) in [4.78, 5) is 30.9. The number of rotatable bonds is 14. The molecule has 10 nitrogen and oxygen atoms in total. The Hall–Kier alpha value is -1.30. The fourth-order valence-corrected chi connectivity index (χ4v) is 1.16. The number of hydrogen-bond donors (Lipinski definition) is 4. The average Bonchev–Trinajstić information content (AvgIpc) is 2.47. The highest BCUT2D eigenvalue weighted by Gasteiger charge is 2.00. The van der Waals surface area contributed by atoms with Crippen molar-refractivity contribution in [2.75, 3.05) is 59.8 Å². The first-order valence-corrected chi connectivity index (χ1v) is 6.49. The minimum Gasteiger partial charge on any atom is -0.377 e. The van der Waals surface area contributed by atoms with Gasteiger partial charge in [0.1, 0.15) is 13.2 Å². The van der Waals surface area contributed by atoms with Crippen LogP contribution >= 0.6 is 0 Å². The number of amides is 2. The van der Waals surface area contributed by atoms with Gasteiger partial charge in [-0.3, -0.25) is 19.3 Å². The second-order valence-corrected chi connectivity index (χ2v) is 3.73. The predicted molar refractivity (Wildman–Crippen MR) is 72.8 cm³/mol. The fourth-order valence-electron chi connectivity index (χ4n) is 1.16. The van der Waals surface area contributed by atoms with Gasteiger partial charge in [-0.05, 0) is 0 Å². The molecule has 0 bridgehead atoms. The summed E-state index contributed by atoms with van der Waals surface area (Å²) in [6, 6.07) is 0. The van der Waals surface area contributed by atoms with Crippen molar-refractivity contribution < 1.29 is 28.7 Å². The van der Waals surface area contributed by atoms with Crippen molar-refractivity contribution in [2.24, 2.45) is 5.90 Å². The highest BCUT2D eigenvalue weighted by molar-refractivity contribution is 5.77. The lowest BCUT2D eigenvalue weighted by atomic mass is 10.6. The van der Waals surface area contributed by atoms with Crippen LogP contribution in [0.1, 0.15) is 0 Å². The maximum Gasteiger partial charge on any atom is 0.248 e. The van der Waals surface area contributed by atoms with Crippen molar-refractivity contribution in [1.29, 1.82) is 0 Å². The van der Waals surface area contributed by atoms with Gasteiger partial charge in [-0.15, -0.1) is 0 Å². The van der Waals surface area contributed by atoms with Gasteiger partial charge in [0.15, 0.2) is 0 Å². The Labute approximate surface area is 123 Å². The largest absolute Gasteiger partial charge is 0.377 e. The van der Waals surface area contributed by atoms with Gasteiger partial charge in [-0.25, -0.2) is 11.4 Å². The second-order valence-electron chi connectivity index (χ2n) is 3.73. The molecule has 10 heteroatoms. The van der Waals surface area contributed by atoms with Crippen LogP contribution in [0, 0.1) is 0 Å². The molecule has 124 valence electrons. The molecule has 0 saturated carbocycles. The third-order valence-electron chi connectivity index (χ3n) is 2.07. The summed E-state index contributed by atoms with van der Waals surface area (Å²) in [5, 5.41) is 5.16. The Morgan fingerprint density at radius 2 is 1.43 bits per heavy atom. The van der Waals surface area contributed by atoms with E-state index in [-0.39, 0.29) is 25.0 Å². The van der Waals surface area contributed by atoms with Gasteiger partial charge in [0.2, 0.25) is 11.8 Å². The van der Waals surface area contributed by atoms with Gasteiger partial charge in [-0.2, -0.15) is 0 Å². The van der Waals surface area contributed by atoms with E-state index in [1.807, 2.05) is 0 Å². The molecule has 0 aromatic rings. The molecule has 5 N–H and O–H groups in total. The molecule has 0 heterocycles. The van der Waals surface area contributed by atoms with Gasteiger partial charge >= 0.3 is 0 Å². The molecule has 2 amide bonds. The van der Waals surface area contributed by atoms with Gasteiger partial charge in [0.05, 0.1) is 26.4 Å². The Balaban J connectivity index is 3.15. The van der Waals surface area contributed by atoms with Crippen molar-refractivity contribution in [3.8, 4) is 0 Å². The van der Waals surface area contributed by atoms with Gasteiger partial charge in [0, 0.05) is 20.1 Å². The molecule has 0 aliphatic carbocycles. The zero-order valence-corrected chi connectivity index (χ0v) is 12.2. The van der Waals surface area contributed by atoms with Crippen LogP contribution in [0.5, 0.6) is 0 Å². The van der Waals surface area contributed by atoms with Gasteiger partial charge in [0.25, 0.3) is 0 Å². The number of carbonyl (C=O) groups is 2. The van der Waals surface area contributed by atoms with Crippen LogP contribution in [-0.2, 0) is 28.7 Å². The van der Waals surface area contributed by atoms with Crippen LogP contribution in [0.2, 0.25) is 0 Å². The maximum absolute atomic E-state index is 11.1. The van der Waals surface area contributed by atoms with E-state index in [9.17, 15) is 9.59 Å². The summed E-state index contributed by atoms with van der Waals surface area (Å²) >= 11 is 0. The topological polar surface area (TPSA) is 133 Å². The standard InChI is InChI=1S/C11H24N4O6/c1-13-21-9-11(17)15-3-5-19-7-6-18-4-2-14-10(16)8-20-12/h13H,2-9,12H2,1H3,(H,14,16)(H,15,17). The summed E-state index contributed by atoms with van der Waals surface area (Å²) in [5.41, 5.74) is 2.40. The van der Waals surface area contributed by atoms with Crippen LogP contribution in [0.25, 0.3) is 0 Å². The fraction of sp³-hybridized carbons (Fsp3) is 0.818. The summed E-state index contributed by atoms with van der Waals surface area (Å²) in [6.07, 6.45) is 0. The highest BCUT2D eigenvalue weighted by Crippen LogP contribution is 1.79. The van der Waals surface area contributed by atoms with Crippen molar-refractivity contribution in [1.82, 2.24) is 16.1 Å². The lowest BCUT2D eigenvalue weighted by Gasteiger charge is -2.08. The summed E-state index contributed by atoms with van der Waals surface area (Å²) in [6.45, 7) is 2.14. The molecule has 0 aromatic carbocycles. The van der Waals surface area contributed by atoms with Crippen molar-refractivity contribution in [3.05, 3.63) is 0 Å². The van der Waals surface area contributed by atoms with Crippen LogP contribution in [0.15, 0.2) is 0 Å². The van der Waals surface area contributed by atoms with Crippen molar-refractivity contribution >= 4 is 11.8 Å². The van der Waals surface area contributed by atoms with Gasteiger partial charge in [-0.1, -0.05) is 0 Å². The minimum atomic E-state index is -0.296. The first-order valence-electron chi connectivity index (χ1n) is 6.49. The third-order valence-corrected chi connectivity index (χ3v) is 2.07. The number of ether oxygens (including phenoxy) is 2. The Bertz CT molecular complexity index is 279. The molecule has 0 unspecified atom stereocenters. The molecular formula is C11H24N4O6. The Morgan fingerprint density at radius 1 is 0.905 bits per heavy atom. The van der Waals surface area contributed by atoms with E-state index in [0.29, 0.717) is 39.5 Å². The predicted octanol–water partition coefficient (Wildman–Crippen LogP) is -2.71. The van der Waals surface area contributed by atoms with E-state index in [1.165, 1.54) is 0 Å². The van der Waals surface area contributed by atoms with E-state index in [4.69, 9.17) is 20.2 Å². The molecular weight excluding hydrogens is 284 g/mol. The van der Waals surface area contributed by atoms with E-state index in [1.54, 1.807) is 7.05 Å². The quantitative estimate of drug-likeness (QED) is 0.201. The molecule has 21 heavy (non-hydrogen) atoms. The van der Waals surface area contributed by atoms with Crippen LogP contribution in [-0.4, -0.2) is 71.6 Å². The average molecular weight is 308 g/mol. The van der Waals surface area contributed by atoms with Crippen LogP contribution < -0.4 is 22.0 Å². The monoisotopic (exact) mass is 308 g/mol. The summed E-state index contributed by atoms with van der Waals surface area (Å²) in [5.74, 6) is 4.22. The third kappa shape index (κ3) is 14.9. The number of hydroxylamine groups is 1. The van der Waals surface area contributed by atoms with E-state index < -0.39 is 0 Å². The van der Waals surface area contributed by atoms with Gasteiger partial charge < -0.3 is 20.1 Å². The summed E-state index contributed by atoms with van der Waals surface area (Å²) in [7, 11) is 1.58. The lowest BCUT2D eigenvalue weighted by Crippen LogP contribution is -2.32. The van der Waals surface area contributed by atoms with E-state index in [2.05, 4.69) is 21.0 Å². The van der Waals surface area contributed by atoms with Crippen LogP contribution in [0.4, 0.5) is 0 Å². The zero-order chi connectivity index (χ0) is 15.8. The Morgan fingerprint density at radius 3 is 1.90 bits per heavy atom. The number of nitrogens with one attached hydrogen (secondary N) is 3. The lowest BCUT2D eigenvalue weighted by molar-refractivity contribution is -0.128. The molecule has 0 fully saturated rings. The SMILES string of the molecule is CNOCC(=O)NCCOCCOCCNC(=O)CON. The van der Waals surface area contributed by atoms with Crippen molar-refractivity contribution in [2.45, 2.75) is 0 Å². The Kier molecular flexibility index (Phi) is 14.2. The van der Waals surface area contributed by atoms with Crippen LogP contribution in [0.3, 0.4) is 0 Å². The minimum absolute atomic E-state index is 0.0411. The number of nitrogens with two attached hydrogens (primary N) is 1. The molecule has 0 aromatic heterocycles. The highest BCUT2D eigenvalue weighted by atomic mass is 16.6. The second kappa shape index (κ2) is 15.1. The zero-order valence-electron chi connectivity index (χ0n) is 12.2. The first kappa shape index (κ1) is 19.7.